The minimum atomic E-state index is 0.843. The van der Waals surface area contributed by atoms with Crippen molar-refractivity contribution in [2.24, 2.45) is 0 Å². The molecule has 5 heteroatoms. The molecule has 0 bridgehead atoms. The van der Waals surface area contributed by atoms with E-state index in [1.807, 2.05) is 38.6 Å². The standard InChI is InChI=1S/C14H13BrN4/c1-18(2)11-5-7-19-12(8-11)13(15)17-14(19)10-4-3-6-16-9-10/h3-9H,1-2H3. The SMILES string of the molecule is CN(C)c1ccn2c(-c3cccnc3)nc(Br)c2c1. The molecular formula is C14H13BrN4. The second-order valence-electron chi connectivity index (χ2n) is 4.50. The number of fused-ring (bicyclic) bond motifs is 1. The van der Waals surface area contributed by atoms with Crippen LogP contribution >= 0.6 is 15.9 Å². The van der Waals surface area contributed by atoms with Gasteiger partial charge in [0, 0.05) is 43.9 Å². The highest BCUT2D eigenvalue weighted by Crippen LogP contribution is 2.28. The van der Waals surface area contributed by atoms with E-state index >= 15 is 0 Å². The van der Waals surface area contributed by atoms with E-state index in [2.05, 4.69) is 47.3 Å². The number of pyridine rings is 2. The van der Waals surface area contributed by atoms with Gasteiger partial charge >= 0.3 is 0 Å². The summed E-state index contributed by atoms with van der Waals surface area (Å²) in [6.45, 7) is 0. The number of imidazole rings is 1. The third-order valence-corrected chi connectivity index (χ3v) is 3.60. The Kier molecular flexibility index (Phi) is 2.98. The lowest BCUT2D eigenvalue weighted by Gasteiger charge is -2.12. The van der Waals surface area contributed by atoms with Crippen molar-refractivity contribution in [1.29, 1.82) is 0 Å². The van der Waals surface area contributed by atoms with Crippen LogP contribution in [-0.2, 0) is 0 Å². The predicted molar refractivity (Wildman–Crippen MR) is 80.5 cm³/mol. The third kappa shape index (κ3) is 2.10. The molecule has 0 saturated heterocycles. The van der Waals surface area contributed by atoms with Gasteiger partial charge in [0.05, 0.1) is 5.52 Å². The fraction of sp³-hybridized carbons (Fsp3) is 0.143. The lowest BCUT2D eigenvalue weighted by atomic mass is 10.2. The second kappa shape index (κ2) is 4.66. The van der Waals surface area contributed by atoms with E-state index in [0.717, 1.165) is 27.2 Å². The predicted octanol–water partition coefficient (Wildman–Crippen LogP) is 3.22. The minimum absolute atomic E-state index is 0.843. The van der Waals surface area contributed by atoms with Gasteiger partial charge in [-0.05, 0) is 40.2 Å². The molecule has 0 amide bonds. The van der Waals surface area contributed by atoms with Gasteiger partial charge in [-0.3, -0.25) is 9.38 Å². The van der Waals surface area contributed by atoms with Crippen LogP contribution in [0.2, 0.25) is 0 Å². The molecule has 0 saturated carbocycles. The van der Waals surface area contributed by atoms with Crippen LogP contribution in [0.1, 0.15) is 0 Å². The number of rotatable bonds is 2. The minimum Gasteiger partial charge on any atom is -0.378 e. The number of nitrogens with zero attached hydrogens (tertiary/aromatic N) is 4. The molecule has 0 aliphatic carbocycles. The summed E-state index contributed by atoms with van der Waals surface area (Å²) in [7, 11) is 4.05. The Bertz CT molecular complexity index is 719. The van der Waals surface area contributed by atoms with E-state index < -0.39 is 0 Å². The molecule has 19 heavy (non-hydrogen) atoms. The number of anilines is 1. The smallest absolute Gasteiger partial charge is 0.147 e. The molecule has 3 aromatic rings. The van der Waals surface area contributed by atoms with Crippen LogP contribution < -0.4 is 4.90 Å². The second-order valence-corrected chi connectivity index (χ2v) is 5.25. The van der Waals surface area contributed by atoms with Gasteiger partial charge in [-0.1, -0.05) is 0 Å². The van der Waals surface area contributed by atoms with Crippen molar-refractivity contribution in [1.82, 2.24) is 14.4 Å². The lowest BCUT2D eigenvalue weighted by molar-refractivity contribution is 1.10. The first kappa shape index (κ1) is 12.2. The van der Waals surface area contributed by atoms with E-state index in [1.165, 1.54) is 0 Å². The van der Waals surface area contributed by atoms with Crippen LogP contribution in [0.4, 0.5) is 5.69 Å². The van der Waals surface area contributed by atoms with E-state index in [9.17, 15) is 0 Å². The molecule has 0 spiro atoms. The molecule has 0 aliphatic rings. The average Bonchev–Trinajstić information content (AvgIpc) is 2.77. The quantitative estimate of drug-likeness (QED) is 0.728. The lowest BCUT2D eigenvalue weighted by Crippen LogP contribution is -2.08. The molecule has 0 aliphatic heterocycles. The molecule has 96 valence electrons. The molecule has 0 fully saturated rings. The van der Waals surface area contributed by atoms with Crippen molar-refractivity contribution in [3.63, 3.8) is 0 Å². The van der Waals surface area contributed by atoms with Crippen LogP contribution in [0.25, 0.3) is 16.9 Å². The maximum Gasteiger partial charge on any atom is 0.147 e. The summed E-state index contributed by atoms with van der Waals surface area (Å²) in [5.74, 6) is 0.889. The third-order valence-electron chi connectivity index (χ3n) is 3.02. The van der Waals surface area contributed by atoms with Gasteiger partial charge in [-0.15, -0.1) is 0 Å². The topological polar surface area (TPSA) is 33.4 Å². The van der Waals surface area contributed by atoms with Crippen LogP contribution in [0, 0.1) is 0 Å². The Morgan fingerprint density at radius 1 is 1.26 bits per heavy atom. The fourth-order valence-corrected chi connectivity index (χ4v) is 2.49. The van der Waals surface area contributed by atoms with E-state index in [4.69, 9.17) is 0 Å². The number of aromatic nitrogens is 3. The molecule has 0 unspecified atom stereocenters. The van der Waals surface area contributed by atoms with Crippen molar-refractivity contribution in [2.45, 2.75) is 0 Å². The van der Waals surface area contributed by atoms with Gasteiger partial charge in [-0.25, -0.2) is 4.98 Å². The molecule has 0 N–H and O–H groups in total. The Hall–Kier alpha value is -1.88. The van der Waals surface area contributed by atoms with Crippen molar-refractivity contribution in [3.8, 4) is 11.4 Å². The van der Waals surface area contributed by atoms with Gasteiger partial charge in [0.25, 0.3) is 0 Å². The summed E-state index contributed by atoms with van der Waals surface area (Å²) in [4.78, 5) is 10.8. The van der Waals surface area contributed by atoms with Gasteiger partial charge < -0.3 is 4.90 Å². The summed E-state index contributed by atoms with van der Waals surface area (Å²) in [6, 6.07) is 8.10. The van der Waals surface area contributed by atoms with Crippen LogP contribution in [0.15, 0.2) is 47.5 Å². The maximum atomic E-state index is 4.58. The molecule has 4 nitrogen and oxygen atoms in total. The highest BCUT2D eigenvalue weighted by Gasteiger charge is 2.11. The summed E-state index contributed by atoms with van der Waals surface area (Å²) < 4.78 is 2.91. The maximum absolute atomic E-state index is 4.58. The van der Waals surface area contributed by atoms with Crippen molar-refractivity contribution in [2.75, 3.05) is 19.0 Å². The van der Waals surface area contributed by atoms with Crippen molar-refractivity contribution < 1.29 is 0 Å². The molecule has 0 atom stereocenters. The highest BCUT2D eigenvalue weighted by atomic mass is 79.9. The van der Waals surface area contributed by atoms with Gasteiger partial charge in [0.2, 0.25) is 0 Å². The summed E-state index contributed by atoms with van der Waals surface area (Å²) in [6.07, 6.45) is 5.62. The number of hydrogen-bond acceptors (Lipinski definition) is 3. The molecule has 3 aromatic heterocycles. The molecule has 0 radical (unpaired) electrons. The Morgan fingerprint density at radius 2 is 2.11 bits per heavy atom. The normalized spacial score (nSPS) is 10.9. The van der Waals surface area contributed by atoms with Crippen molar-refractivity contribution in [3.05, 3.63) is 47.5 Å². The van der Waals surface area contributed by atoms with E-state index in [-0.39, 0.29) is 0 Å². The van der Waals surface area contributed by atoms with Crippen LogP contribution in [-0.4, -0.2) is 28.5 Å². The van der Waals surface area contributed by atoms with E-state index in [0.29, 0.717) is 0 Å². The molecular weight excluding hydrogens is 304 g/mol. The van der Waals surface area contributed by atoms with Crippen LogP contribution in [0.3, 0.4) is 0 Å². The number of halogens is 1. The number of hydrogen-bond donors (Lipinski definition) is 0. The molecule has 0 aromatic carbocycles. The Balaban J connectivity index is 2.23. The van der Waals surface area contributed by atoms with Crippen molar-refractivity contribution >= 4 is 27.1 Å². The zero-order chi connectivity index (χ0) is 13.4. The first-order valence-electron chi connectivity index (χ1n) is 5.92. The molecule has 3 heterocycles. The summed E-state index contributed by atoms with van der Waals surface area (Å²) in [5, 5.41) is 0. The van der Waals surface area contributed by atoms with Crippen LogP contribution in [0.5, 0.6) is 0 Å². The first-order valence-corrected chi connectivity index (χ1v) is 6.71. The zero-order valence-corrected chi connectivity index (χ0v) is 12.3. The first-order chi connectivity index (χ1) is 9.16. The monoisotopic (exact) mass is 316 g/mol. The summed E-state index contributed by atoms with van der Waals surface area (Å²) >= 11 is 3.53. The van der Waals surface area contributed by atoms with Gasteiger partial charge in [0.15, 0.2) is 0 Å². The van der Waals surface area contributed by atoms with Gasteiger partial charge in [0.1, 0.15) is 10.4 Å². The summed E-state index contributed by atoms with van der Waals surface area (Å²) in [5.41, 5.74) is 3.19. The Labute approximate surface area is 119 Å². The zero-order valence-electron chi connectivity index (χ0n) is 10.7. The van der Waals surface area contributed by atoms with E-state index in [1.54, 1.807) is 6.20 Å². The highest BCUT2D eigenvalue weighted by molar-refractivity contribution is 9.10. The Morgan fingerprint density at radius 3 is 2.79 bits per heavy atom. The van der Waals surface area contributed by atoms with Gasteiger partial charge in [-0.2, -0.15) is 0 Å². The average molecular weight is 317 g/mol. The molecule has 3 rings (SSSR count). The fourth-order valence-electron chi connectivity index (χ4n) is 2.01. The largest absolute Gasteiger partial charge is 0.378 e.